The van der Waals surface area contributed by atoms with E-state index >= 15 is 0 Å². The van der Waals surface area contributed by atoms with E-state index in [1.165, 1.54) is 16.8 Å². The highest BCUT2D eigenvalue weighted by atomic mass is 16.6. The average Bonchev–Trinajstić information content (AvgIpc) is 3.11. The van der Waals surface area contributed by atoms with Crippen LogP contribution in [-0.4, -0.2) is 33.1 Å². The van der Waals surface area contributed by atoms with Crippen LogP contribution in [-0.2, 0) is 4.74 Å². The van der Waals surface area contributed by atoms with Crippen molar-refractivity contribution >= 4 is 23.3 Å². The zero-order chi connectivity index (χ0) is 18.4. The second-order valence-electron chi connectivity index (χ2n) is 6.27. The Kier molecular flexibility index (Phi) is 3.80. The van der Waals surface area contributed by atoms with Crippen molar-refractivity contribution in [2.24, 2.45) is 0 Å². The van der Waals surface area contributed by atoms with E-state index in [9.17, 15) is 19.7 Å². The van der Waals surface area contributed by atoms with Crippen LogP contribution in [0.4, 0.5) is 11.5 Å². The number of imide groups is 1. The van der Waals surface area contributed by atoms with E-state index in [2.05, 4.69) is 5.10 Å². The summed E-state index contributed by atoms with van der Waals surface area (Å²) in [5.74, 6) is -1.47. The van der Waals surface area contributed by atoms with E-state index in [4.69, 9.17) is 4.74 Å². The summed E-state index contributed by atoms with van der Waals surface area (Å²) in [6.45, 7) is 2.09. The highest BCUT2D eigenvalue weighted by Crippen LogP contribution is 2.38. The molecule has 0 saturated carbocycles. The van der Waals surface area contributed by atoms with Crippen molar-refractivity contribution in [1.82, 2.24) is 9.78 Å². The molecule has 3 heterocycles. The molecule has 1 saturated heterocycles. The Bertz CT molecular complexity index is 894. The molecule has 1 aromatic carbocycles. The van der Waals surface area contributed by atoms with Gasteiger partial charge < -0.3 is 4.74 Å². The van der Waals surface area contributed by atoms with Gasteiger partial charge >= 0.3 is 5.69 Å². The Morgan fingerprint density at radius 1 is 1.19 bits per heavy atom. The zero-order valence-electron chi connectivity index (χ0n) is 14.0. The van der Waals surface area contributed by atoms with E-state index in [-0.39, 0.29) is 28.3 Å². The maximum atomic E-state index is 12.7. The number of carbonyl (C=O) groups is 2. The van der Waals surface area contributed by atoms with Crippen LogP contribution in [0.15, 0.2) is 24.3 Å². The fourth-order valence-electron chi connectivity index (χ4n) is 3.44. The average molecular weight is 356 g/mol. The first-order valence-corrected chi connectivity index (χ1v) is 8.33. The van der Waals surface area contributed by atoms with Crippen molar-refractivity contribution in [2.75, 3.05) is 11.5 Å². The lowest BCUT2D eigenvalue weighted by Gasteiger charge is -2.23. The number of carbonyl (C=O) groups excluding carboxylic acids is 2. The third-order valence-corrected chi connectivity index (χ3v) is 4.72. The number of anilines is 1. The molecule has 2 aliphatic rings. The molecule has 9 nitrogen and oxygen atoms in total. The number of benzene rings is 1. The van der Waals surface area contributed by atoms with Gasteiger partial charge in [-0.2, -0.15) is 0 Å². The van der Waals surface area contributed by atoms with Crippen molar-refractivity contribution < 1.29 is 19.2 Å². The standard InChI is InChI=1S/C17H16N4O5/c1-10-14(21(24)25)15(18-20(10)13-8-4-5-9-26-13)19-16(22)11-6-2-3-7-12(11)17(19)23/h2-3,6-7,13H,4-5,8-9H2,1H3. The molecular weight excluding hydrogens is 340 g/mol. The van der Waals surface area contributed by atoms with Crippen molar-refractivity contribution in [3.63, 3.8) is 0 Å². The van der Waals surface area contributed by atoms with Crippen LogP contribution in [0.3, 0.4) is 0 Å². The number of hydrogen-bond donors (Lipinski definition) is 0. The largest absolute Gasteiger partial charge is 0.356 e. The summed E-state index contributed by atoms with van der Waals surface area (Å²) in [5.41, 5.74) is 0.336. The molecule has 0 radical (unpaired) electrons. The Labute approximate surface area is 148 Å². The number of aromatic nitrogens is 2. The third kappa shape index (κ3) is 2.31. The number of ether oxygens (including phenoxy) is 1. The zero-order valence-corrected chi connectivity index (χ0v) is 14.0. The lowest BCUT2D eigenvalue weighted by molar-refractivity contribution is -0.384. The lowest BCUT2D eigenvalue weighted by Crippen LogP contribution is -2.30. The molecule has 1 unspecified atom stereocenters. The SMILES string of the molecule is Cc1c([N+](=O)[O-])c(N2C(=O)c3ccccc3C2=O)nn1C1CCCCO1. The number of amides is 2. The second kappa shape index (κ2) is 6.03. The summed E-state index contributed by atoms with van der Waals surface area (Å²) in [5, 5.41) is 15.9. The Morgan fingerprint density at radius 3 is 2.38 bits per heavy atom. The second-order valence-corrected chi connectivity index (χ2v) is 6.27. The summed E-state index contributed by atoms with van der Waals surface area (Å²) < 4.78 is 7.07. The van der Waals surface area contributed by atoms with E-state index in [0.717, 1.165) is 17.7 Å². The van der Waals surface area contributed by atoms with Gasteiger partial charge in [0.2, 0.25) is 5.82 Å². The Balaban J connectivity index is 1.83. The quantitative estimate of drug-likeness (QED) is 0.475. The maximum Gasteiger partial charge on any atom is 0.334 e. The summed E-state index contributed by atoms with van der Waals surface area (Å²) in [6, 6.07) is 6.33. The number of rotatable bonds is 3. The highest BCUT2D eigenvalue weighted by molar-refractivity contribution is 6.34. The summed E-state index contributed by atoms with van der Waals surface area (Å²) in [4.78, 5) is 37.2. The predicted octanol–water partition coefficient (Wildman–Crippen LogP) is 2.60. The number of nitro groups is 1. The van der Waals surface area contributed by atoms with Gasteiger partial charge in [0.25, 0.3) is 11.8 Å². The van der Waals surface area contributed by atoms with Crippen LogP contribution < -0.4 is 4.90 Å². The lowest BCUT2D eigenvalue weighted by atomic mass is 10.1. The minimum Gasteiger partial charge on any atom is -0.356 e. The van der Waals surface area contributed by atoms with Crippen LogP contribution >= 0.6 is 0 Å². The van der Waals surface area contributed by atoms with Crippen LogP contribution in [0.1, 0.15) is 51.9 Å². The first-order valence-electron chi connectivity index (χ1n) is 8.33. The van der Waals surface area contributed by atoms with Crippen LogP contribution in [0, 0.1) is 17.0 Å². The topological polar surface area (TPSA) is 108 Å². The molecular formula is C17H16N4O5. The summed E-state index contributed by atoms with van der Waals surface area (Å²) >= 11 is 0. The van der Waals surface area contributed by atoms with Crippen molar-refractivity contribution in [1.29, 1.82) is 0 Å². The molecule has 2 aromatic rings. The van der Waals surface area contributed by atoms with Gasteiger partial charge in [0.15, 0.2) is 6.23 Å². The van der Waals surface area contributed by atoms with Gasteiger partial charge in [-0.1, -0.05) is 12.1 Å². The van der Waals surface area contributed by atoms with Gasteiger partial charge in [0, 0.05) is 6.61 Å². The Morgan fingerprint density at radius 2 is 1.85 bits per heavy atom. The molecule has 0 spiro atoms. The molecule has 1 atom stereocenters. The van der Waals surface area contributed by atoms with Gasteiger partial charge in [0.05, 0.1) is 16.1 Å². The fourth-order valence-corrected chi connectivity index (χ4v) is 3.44. The number of hydrogen-bond acceptors (Lipinski definition) is 6. The van der Waals surface area contributed by atoms with Crippen molar-refractivity contribution in [2.45, 2.75) is 32.4 Å². The molecule has 2 aliphatic heterocycles. The van der Waals surface area contributed by atoms with Crippen molar-refractivity contribution in [3.05, 3.63) is 51.2 Å². The molecule has 0 bridgehead atoms. The molecule has 0 N–H and O–H groups in total. The fraction of sp³-hybridized carbons (Fsp3) is 0.353. The number of fused-ring (bicyclic) bond motifs is 1. The minimum absolute atomic E-state index is 0.216. The first-order chi connectivity index (χ1) is 12.5. The summed E-state index contributed by atoms with van der Waals surface area (Å²) in [6.07, 6.45) is 2.07. The van der Waals surface area contributed by atoms with Gasteiger partial charge in [0.1, 0.15) is 5.69 Å². The monoisotopic (exact) mass is 356 g/mol. The molecule has 4 rings (SSSR count). The molecule has 134 valence electrons. The van der Waals surface area contributed by atoms with Gasteiger partial charge in [-0.3, -0.25) is 19.7 Å². The molecule has 2 amide bonds. The van der Waals surface area contributed by atoms with Crippen molar-refractivity contribution in [3.8, 4) is 0 Å². The maximum absolute atomic E-state index is 12.7. The van der Waals surface area contributed by atoms with Gasteiger partial charge in [-0.25, -0.2) is 9.58 Å². The van der Waals surface area contributed by atoms with Crippen LogP contribution in [0.2, 0.25) is 0 Å². The van der Waals surface area contributed by atoms with E-state index in [1.807, 2.05) is 0 Å². The highest BCUT2D eigenvalue weighted by Gasteiger charge is 2.43. The molecule has 1 aromatic heterocycles. The van der Waals surface area contributed by atoms with Crippen LogP contribution in [0.25, 0.3) is 0 Å². The number of nitrogens with zero attached hydrogens (tertiary/aromatic N) is 4. The smallest absolute Gasteiger partial charge is 0.334 e. The Hall–Kier alpha value is -3.07. The molecule has 0 aliphatic carbocycles. The summed E-state index contributed by atoms with van der Waals surface area (Å²) in [7, 11) is 0. The third-order valence-electron chi connectivity index (χ3n) is 4.72. The van der Waals surface area contributed by atoms with E-state index in [0.29, 0.717) is 13.0 Å². The normalized spacial score (nSPS) is 19.7. The molecule has 1 fully saturated rings. The van der Waals surface area contributed by atoms with Crippen LogP contribution in [0.5, 0.6) is 0 Å². The molecule has 26 heavy (non-hydrogen) atoms. The first kappa shape index (κ1) is 16.4. The van der Waals surface area contributed by atoms with Gasteiger partial charge in [-0.15, -0.1) is 5.10 Å². The van der Waals surface area contributed by atoms with Gasteiger partial charge in [-0.05, 0) is 38.3 Å². The van der Waals surface area contributed by atoms with E-state index in [1.54, 1.807) is 19.1 Å². The predicted molar refractivity (Wildman–Crippen MR) is 90.0 cm³/mol. The van der Waals surface area contributed by atoms with E-state index < -0.39 is 23.0 Å². The minimum atomic E-state index is -0.611. The molecule has 9 heteroatoms.